The minimum absolute atomic E-state index is 1.91. The van der Waals surface area contributed by atoms with Crippen LogP contribution in [0.25, 0.3) is 0 Å². The van der Waals surface area contributed by atoms with Gasteiger partial charge in [-0.3, -0.25) is 0 Å². The maximum absolute atomic E-state index is 12.8. The predicted octanol–water partition coefficient (Wildman–Crippen LogP) is 4.11. The van der Waals surface area contributed by atoms with Gasteiger partial charge in [0.05, 0.1) is 0 Å². The molecular formula is C6Cl2F6. The maximum Gasteiger partial charge on any atom is 0.353 e. The van der Waals surface area contributed by atoms with Crippen LogP contribution < -0.4 is 0 Å². The largest absolute Gasteiger partial charge is 0.353 e. The Morgan fingerprint density at radius 2 is 1.29 bits per heavy atom. The van der Waals surface area contributed by atoms with Gasteiger partial charge in [-0.15, -0.1) is 0 Å². The molecule has 0 saturated carbocycles. The van der Waals surface area contributed by atoms with E-state index in [2.05, 4.69) is 23.2 Å². The second-order valence-corrected chi connectivity index (χ2v) is 3.30. The molecule has 8 heteroatoms. The van der Waals surface area contributed by atoms with E-state index in [-0.39, 0.29) is 0 Å². The summed E-state index contributed by atoms with van der Waals surface area (Å²) in [5, 5.41) is -5.82. The van der Waals surface area contributed by atoms with E-state index in [4.69, 9.17) is 0 Å². The molecule has 0 N–H and O–H groups in total. The Kier molecular flexibility index (Phi) is 2.56. The summed E-state index contributed by atoms with van der Waals surface area (Å²) < 4.78 is 75.1. The molecule has 0 aliphatic heterocycles. The van der Waals surface area contributed by atoms with Crippen LogP contribution in [0.2, 0.25) is 0 Å². The molecule has 1 aliphatic carbocycles. The predicted molar refractivity (Wildman–Crippen MR) is 37.9 cm³/mol. The highest BCUT2D eigenvalue weighted by Crippen LogP contribution is 2.52. The topological polar surface area (TPSA) is 0 Å². The molecule has 80 valence electrons. The van der Waals surface area contributed by atoms with E-state index in [0.717, 1.165) is 0 Å². The van der Waals surface area contributed by atoms with Crippen LogP contribution in [0.15, 0.2) is 22.5 Å². The second kappa shape index (κ2) is 3.06. The quantitative estimate of drug-likeness (QED) is 0.452. The third-order valence-corrected chi connectivity index (χ3v) is 2.37. The minimum atomic E-state index is -4.91. The molecule has 1 atom stereocenters. The van der Waals surface area contributed by atoms with Crippen LogP contribution in [0.1, 0.15) is 0 Å². The van der Waals surface area contributed by atoms with Crippen molar-refractivity contribution in [1.29, 1.82) is 0 Å². The molecule has 0 amide bonds. The molecule has 0 fully saturated rings. The van der Waals surface area contributed by atoms with Crippen molar-refractivity contribution in [2.45, 2.75) is 11.1 Å². The first-order valence-corrected chi connectivity index (χ1v) is 3.77. The lowest BCUT2D eigenvalue weighted by Crippen LogP contribution is -2.33. The highest BCUT2D eigenvalue weighted by atomic mass is 35.5. The fraction of sp³-hybridized carbons (Fsp3) is 0.333. The minimum Gasteiger partial charge on any atom is -0.212 e. The van der Waals surface area contributed by atoms with Crippen LogP contribution in [-0.4, -0.2) is 11.1 Å². The standard InChI is InChI=1S/C6Cl2F6/c7-1-2(9)6(13,14)4(11)3(10)5(1,8)12. The number of hydrogen-bond acceptors (Lipinski definition) is 0. The summed E-state index contributed by atoms with van der Waals surface area (Å²) in [6.07, 6.45) is 0. The first-order chi connectivity index (χ1) is 6.13. The Balaban J connectivity index is 3.46. The number of halogens is 8. The Labute approximate surface area is 83.8 Å². The van der Waals surface area contributed by atoms with Crippen LogP contribution in [0.4, 0.5) is 26.3 Å². The average molecular weight is 257 g/mol. The van der Waals surface area contributed by atoms with Gasteiger partial charge in [-0.25, -0.2) is 17.6 Å². The summed E-state index contributed by atoms with van der Waals surface area (Å²) in [6, 6.07) is 0. The number of allylic oxidation sites excluding steroid dienone is 4. The van der Waals surface area contributed by atoms with E-state index in [1.54, 1.807) is 0 Å². The lowest BCUT2D eigenvalue weighted by atomic mass is 10.1. The van der Waals surface area contributed by atoms with Crippen LogP contribution in [0, 0.1) is 0 Å². The molecule has 14 heavy (non-hydrogen) atoms. The molecular weight excluding hydrogens is 257 g/mol. The molecule has 0 saturated heterocycles. The number of rotatable bonds is 0. The van der Waals surface area contributed by atoms with E-state index in [1.165, 1.54) is 0 Å². The molecule has 0 spiro atoms. The smallest absolute Gasteiger partial charge is 0.212 e. The summed E-state index contributed by atoms with van der Waals surface area (Å²) in [7, 11) is 0. The van der Waals surface area contributed by atoms with Crippen molar-refractivity contribution in [2.24, 2.45) is 0 Å². The monoisotopic (exact) mass is 256 g/mol. The molecule has 1 unspecified atom stereocenters. The molecule has 0 heterocycles. The highest BCUT2D eigenvalue weighted by Gasteiger charge is 2.58. The van der Waals surface area contributed by atoms with E-state index < -0.39 is 33.6 Å². The fourth-order valence-electron chi connectivity index (χ4n) is 0.744. The Morgan fingerprint density at radius 1 is 0.857 bits per heavy atom. The average Bonchev–Trinajstić information content (AvgIpc) is 2.11. The molecule has 0 bridgehead atoms. The van der Waals surface area contributed by atoms with E-state index in [0.29, 0.717) is 0 Å². The van der Waals surface area contributed by atoms with Gasteiger partial charge in [0.2, 0.25) is 5.83 Å². The molecule has 0 radical (unpaired) electrons. The van der Waals surface area contributed by atoms with Crippen molar-refractivity contribution in [1.82, 2.24) is 0 Å². The molecule has 0 aromatic carbocycles. The van der Waals surface area contributed by atoms with Crippen molar-refractivity contribution in [3.05, 3.63) is 22.5 Å². The molecule has 1 rings (SSSR count). The lowest BCUT2D eigenvalue weighted by Gasteiger charge is -2.25. The summed E-state index contributed by atoms with van der Waals surface area (Å²) in [4.78, 5) is 0. The van der Waals surface area contributed by atoms with Crippen molar-refractivity contribution in [2.75, 3.05) is 0 Å². The van der Waals surface area contributed by atoms with Gasteiger partial charge in [0.25, 0.3) is 5.13 Å². The molecule has 1 aliphatic rings. The van der Waals surface area contributed by atoms with Crippen LogP contribution >= 0.6 is 23.2 Å². The molecule has 0 aromatic heterocycles. The normalized spacial score (nSPS) is 32.6. The fourth-order valence-corrected chi connectivity index (χ4v) is 1.11. The Bertz CT molecular complexity index is 280. The van der Waals surface area contributed by atoms with E-state index >= 15 is 0 Å². The van der Waals surface area contributed by atoms with Gasteiger partial charge in [0.1, 0.15) is 5.03 Å². The third kappa shape index (κ3) is 1.32. The Morgan fingerprint density at radius 3 is 1.71 bits per heavy atom. The third-order valence-electron chi connectivity index (χ3n) is 1.49. The van der Waals surface area contributed by atoms with Gasteiger partial charge in [-0.2, -0.15) is 8.78 Å². The van der Waals surface area contributed by atoms with Gasteiger partial charge in [-0.1, -0.05) is 23.2 Å². The van der Waals surface area contributed by atoms with E-state index in [1.807, 2.05) is 0 Å². The summed E-state index contributed by atoms with van der Waals surface area (Å²) in [6.45, 7) is 0. The number of hydrogen-bond donors (Lipinski definition) is 0. The first-order valence-electron chi connectivity index (χ1n) is 3.01. The molecule has 0 aromatic rings. The van der Waals surface area contributed by atoms with Gasteiger partial charge in [0, 0.05) is 0 Å². The lowest BCUT2D eigenvalue weighted by molar-refractivity contribution is 0.0191. The van der Waals surface area contributed by atoms with Crippen molar-refractivity contribution in [3.63, 3.8) is 0 Å². The van der Waals surface area contributed by atoms with Gasteiger partial charge < -0.3 is 0 Å². The van der Waals surface area contributed by atoms with Crippen molar-refractivity contribution < 1.29 is 26.3 Å². The van der Waals surface area contributed by atoms with Crippen LogP contribution in [0.5, 0.6) is 0 Å². The van der Waals surface area contributed by atoms with Crippen LogP contribution in [0.3, 0.4) is 0 Å². The molecule has 0 nitrogen and oxygen atoms in total. The zero-order valence-electron chi connectivity index (χ0n) is 6.02. The zero-order valence-corrected chi connectivity index (χ0v) is 7.54. The van der Waals surface area contributed by atoms with Gasteiger partial charge in [-0.05, 0) is 0 Å². The SMILES string of the molecule is FC1=C(F)C(F)(Cl)C(Cl)=C(F)C1(F)F. The maximum atomic E-state index is 12.8. The number of alkyl halides is 4. The highest BCUT2D eigenvalue weighted by molar-refractivity contribution is 6.40. The first kappa shape index (κ1) is 11.7. The van der Waals surface area contributed by atoms with E-state index in [9.17, 15) is 26.3 Å². The van der Waals surface area contributed by atoms with Crippen molar-refractivity contribution >= 4 is 23.2 Å². The Hall–Kier alpha value is -0.360. The summed E-state index contributed by atoms with van der Waals surface area (Å²) >= 11 is 9.27. The zero-order chi connectivity index (χ0) is 11.3. The summed E-state index contributed by atoms with van der Waals surface area (Å²) in [5.41, 5.74) is 0. The van der Waals surface area contributed by atoms with Gasteiger partial charge in [0.15, 0.2) is 11.7 Å². The summed E-state index contributed by atoms with van der Waals surface area (Å²) in [5.74, 6) is -13.1. The second-order valence-electron chi connectivity index (χ2n) is 2.40. The van der Waals surface area contributed by atoms with Crippen molar-refractivity contribution in [3.8, 4) is 0 Å². The van der Waals surface area contributed by atoms with Crippen LogP contribution in [-0.2, 0) is 0 Å². The van der Waals surface area contributed by atoms with Gasteiger partial charge >= 0.3 is 5.92 Å².